The van der Waals surface area contributed by atoms with Crippen LogP contribution in [0.1, 0.15) is 36.6 Å². The molecule has 0 spiro atoms. The van der Waals surface area contributed by atoms with Crippen molar-refractivity contribution < 1.29 is 19.5 Å². The number of benzene rings is 1. The molecule has 0 fully saturated rings. The van der Waals surface area contributed by atoms with E-state index < -0.39 is 0 Å². The van der Waals surface area contributed by atoms with E-state index in [9.17, 15) is 0 Å². The minimum absolute atomic E-state index is 0. The summed E-state index contributed by atoms with van der Waals surface area (Å²) in [6, 6.07) is 24.8. The molecule has 0 saturated carbocycles. The van der Waals surface area contributed by atoms with Crippen LogP contribution in [0.25, 0.3) is 45.3 Å². The molecule has 0 amide bonds. The van der Waals surface area contributed by atoms with E-state index in [1.165, 1.54) is 0 Å². The molecule has 8 bridgehead atoms. The van der Waals surface area contributed by atoms with Gasteiger partial charge in [-0.25, -0.2) is 4.98 Å². The maximum absolute atomic E-state index is 4.95. The van der Waals surface area contributed by atoms with E-state index in [4.69, 9.17) is 19.9 Å². The van der Waals surface area contributed by atoms with Crippen molar-refractivity contribution in [1.29, 1.82) is 0 Å². The average Bonchev–Trinajstić information content (AvgIpc) is 3.54. The van der Waals surface area contributed by atoms with Crippen LogP contribution in [0.3, 0.4) is 0 Å². The van der Waals surface area contributed by atoms with Crippen LogP contribution in [0.2, 0.25) is 0 Å². The Bertz CT molecular complexity index is 1520. The Morgan fingerprint density at radius 2 is 1.48 bits per heavy atom. The fourth-order valence-corrected chi connectivity index (χ4v) is 4.44. The van der Waals surface area contributed by atoms with Gasteiger partial charge >= 0.3 is 19.5 Å². The van der Waals surface area contributed by atoms with Crippen molar-refractivity contribution in [2.75, 3.05) is 0 Å². The van der Waals surface area contributed by atoms with Crippen molar-refractivity contribution in [3.63, 3.8) is 0 Å². The van der Waals surface area contributed by atoms with Gasteiger partial charge in [0.1, 0.15) is 0 Å². The number of nitrogens with zero attached hydrogens (tertiary/aromatic N) is 4. The molecular formula is C28H22N4Zn. The second-order valence-corrected chi connectivity index (χ2v) is 9.03. The van der Waals surface area contributed by atoms with Crippen molar-refractivity contribution in [3.8, 4) is 11.1 Å². The van der Waals surface area contributed by atoms with Gasteiger partial charge in [0.15, 0.2) is 0 Å². The maximum Gasteiger partial charge on any atom is 2.00 e. The normalized spacial score (nSPS) is 14.1. The van der Waals surface area contributed by atoms with Crippen molar-refractivity contribution >= 4 is 34.2 Å². The summed E-state index contributed by atoms with van der Waals surface area (Å²) in [7, 11) is 0. The molecule has 0 radical (unpaired) electrons. The standard InChI is InChI=1S/C28H22N4.Zn/c1-28(2)17-23-15-21-11-13-25(31-21)27(18-6-4-3-5-7-18)24-12-10-20(30-24)14-19-8-9-22(29-19)16-26(28)32-23;/h3-16H,17H2,1-2H3;/q-2;+2. The largest absolute Gasteiger partial charge is 2.00 e. The first-order valence-corrected chi connectivity index (χ1v) is 10.9. The zero-order valence-electron chi connectivity index (χ0n) is 18.8. The summed E-state index contributed by atoms with van der Waals surface area (Å²) in [5.41, 5.74) is 9.65. The van der Waals surface area contributed by atoms with E-state index in [0.29, 0.717) is 0 Å². The van der Waals surface area contributed by atoms with Gasteiger partial charge in [0.25, 0.3) is 0 Å². The van der Waals surface area contributed by atoms with Crippen LogP contribution >= 0.6 is 0 Å². The fourth-order valence-electron chi connectivity index (χ4n) is 4.44. The molecular weight excluding hydrogens is 458 g/mol. The van der Waals surface area contributed by atoms with E-state index in [-0.39, 0.29) is 24.9 Å². The minimum atomic E-state index is -0.0406. The predicted molar refractivity (Wildman–Crippen MR) is 130 cm³/mol. The first kappa shape index (κ1) is 21.5. The Morgan fingerprint density at radius 1 is 0.758 bits per heavy atom. The van der Waals surface area contributed by atoms with Gasteiger partial charge in [-0.1, -0.05) is 86.6 Å². The predicted octanol–water partition coefficient (Wildman–Crippen LogP) is 5.93. The average molecular weight is 480 g/mol. The van der Waals surface area contributed by atoms with Crippen LogP contribution in [0.15, 0.2) is 72.8 Å². The number of fused-ring (bicyclic) bond motifs is 8. The topological polar surface area (TPSA) is 54.0 Å². The summed E-state index contributed by atoms with van der Waals surface area (Å²) < 4.78 is 0. The van der Waals surface area contributed by atoms with Crippen LogP contribution < -0.4 is 9.97 Å². The second kappa shape index (κ2) is 8.24. The van der Waals surface area contributed by atoms with Crippen LogP contribution in [-0.4, -0.2) is 9.97 Å². The molecule has 4 aromatic rings. The van der Waals surface area contributed by atoms with Crippen LogP contribution in [-0.2, 0) is 31.3 Å². The van der Waals surface area contributed by atoms with Gasteiger partial charge < -0.3 is 9.97 Å². The molecule has 0 unspecified atom stereocenters. The third-order valence-corrected chi connectivity index (χ3v) is 6.06. The molecule has 5 heteroatoms. The summed E-state index contributed by atoms with van der Waals surface area (Å²) in [5.74, 6) is 0. The van der Waals surface area contributed by atoms with Crippen molar-refractivity contribution in [1.82, 2.24) is 19.9 Å². The first-order chi connectivity index (χ1) is 15.5. The van der Waals surface area contributed by atoms with Crippen LogP contribution in [0.4, 0.5) is 0 Å². The third-order valence-electron chi connectivity index (χ3n) is 6.06. The molecule has 2 aliphatic heterocycles. The van der Waals surface area contributed by atoms with Crippen molar-refractivity contribution in [2.24, 2.45) is 0 Å². The molecule has 2 aliphatic rings. The Labute approximate surface area is 205 Å². The van der Waals surface area contributed by atoms with Crippen LogP contribution in [0, 0.1) is 0 Å². The van der Waals surface area contributed by atoms with E-state index in [1.54, 1.807) is 0 Å². The number of rotatable bonds is 1. The molecule has 0 aliphatic carbocycles. The summed E-state index contributed by atoms with van der Waals surface area (Å²) in [4.78, 5) is 19.6. The summed E-state index contributed by atoms with van der Waals surface area (Å²) in [6.45, 7) is 4.46. The Hall–Kier alpha value is -3.30. The second-order valence-electron chi connectivity index (χ2n) is 9.03. The van der Waals surface area contributed by atoms with Crippen LogP contribution in [0.5, 0.6) is 0 Å². The number of hydrogen-bond acceptors (Lipinski definition) is 2. The maximum atomic E-state index is 4.95. The first-order valence-electron chi connectivity index (χ1n) is 10.9. The molecule has 1 aromatic carbocycles. The molecule has 33 heavy (non-hydrogen) atoms. The van der Waals surface area contributed by atoms with Gasteiger partial charge in [0, 0.05) is 23.2 Å². The quantitative estimate of drug-likeness (QED) is 0.280. The van der Waals surface area contributed by atoms with Gasteiger partial charge in [-0.2, -0.15) is 0 Å². The summed E-state index contributed by atoms with van der Waals surface area (Å²) in [6.07, 6.45) is 4.98. The summed E-state index contributed by atoms with van der Waals surface area (Å²) in [5, 5.41) is 0. The van der Waals surface area contributed by atoms with Crippen molar-refractivity contribution in [2.45, 2.75) is 25.7 Å². The minimum Gasteiger partial charge on any atom is -0.658 e. The number of hydrogen-bond donors (Lipinski definition) is 0. The van der Waals surface area contributed by atoms with Crippen molar-refractivity contribution in [3.05, 3.63) is 95.6 Å². The van der Waals surface area contributed by atoms with E-state index in [2.05, 4.69) is 56.3 Å². The SMILES string of the molecule is CC1(C)Cc2cc3ccc([n-]3)c(-c3ccccc3)c3nc(cc4ccc(cc1n2)[n-]4)C=C3.[Zn+2]. The molecule has 156 valence electrons. The molecule has 6 rings (SSSR count). The van der Waals surface area contributed by atoms with E-state index in [1.807, 2.05) is 42.5 Å². The molecule has 4 nitrogen and oxygen atoms in total. The van der Waals surface area contributed by atoms with Gasteiger partial charge in [-0.3, -0.25) is 4.98 Å². The smallest absolute Gasteiger partial charge is 0.658 e. The summed E-state index contributed by atoms with van der Waals surface area (Å²) >= 11 is 0. The zero-order valence-corrected chi connectivity index (χ0v) is 21.8. The van der Waals surface area contributed by atoms with Gasteiger partial charge in [0.05, 0.1) is 11.4 Å². The van der Waals surface area contributed by atoms with Gasteiger partial charge in [-0.05, 0) is 23.3 Å². The fraction of sp³-hybridized carbons (Fsp3) is 0.143. The van der Waals surface area contributed by atoms with E-state index in [0.717, 1.165) is 62.4 Å². The Kier molecular flexibility index (Phi) is 5.38. The number of aromatic nitrogens is 4. The molecule has 0 atom stereocenters. The molecule has 3 aromatic heterocycles. The Balaban J connectivity index is 0.00000228. The monoisotopic (exact) mass is 478 g/mol. The van der Waals surface area contributed by atoms with E-state index >= 15 is 0 Å². The molecule has 5 heterocycles. The molecule has 0 N–H and O–H groups in total. The van der Waals surface area contributed by atoms with Gasteiger partial charge in [-0.15, -0.1) is 22.1 Å². The third kappa shape index (κ3) is 4.09. The zero-order chi connectivity index (χ0) is 21.7. The van der Waals surface area contributed by atoms with Gasteiger partial charge in [0.2, 0.25) is 0 Å². The Morgan fingerprint density at radius 3 is 2.30 bits per heavy atom. The molecule has 0 saturated heterocycles.